The Morgan fingerprint density at radius 2 is 2.08 bits per heavy atom. The van der Waals surface area contributed by atoms with E-state index >= 15 is 0 Å². The van der Waals surface area contributed by atoms with Crippen molar-refractivity contribution in [3.8, 4) is 11.3 Å². The SMILES string of the molecule is CC(=O)N1c2nc(-c3cccc(C(C)(F)F)c3)ccc2N2CC[C@H]1C2. The van der Waals surface area contributed by atoms with E-state index in [2.05, 4.69) is 9.88 Å². The van der Waals surface area contributed by atoms with Crippen molar-refractivity contribution in [2.75, 3.05) is 22.9 Å². The zero-order chi connectivity index (χ0) is 17.8. The predicted molar refractivity (Wildman–Crippen MR) is 93.0 cm³/mol. The molecule has 2 aromatic rings. The van der Waals surface area contributed by atoms with Gasteiger partial charge in [0, 0.05) is 38.1 Å². The summed E-state index contributed by atoms with van der Waals surface area (Å²) in [6.45, 7) is 4.16. The van der Waals surface area contributed by atoms with Crippen LogP contribution in [0.15, 0.2) is 36.4 Å². The van der Waals surface area contributed by atoms with Crippen LogP contribution in [-0.4, -0.2) is 30.0 Å². The summed E-state index contributed by atoms with van der Waals surface area (Å²) in [5, 5.41) is 0. The van der Waals surface area contributed by atoms with E-state index in [0.29, 0.717) is 17.1 Å². The van der Waals surface area contributed by atoms with Gasteiger partial charge in [0.05, 0.1) is 17.4 Å². The molecule has 3 heterocycles. The van der Waals surface area contributed by atoms with E-state index in [4.69, 9.17) is 0 Å². The highest BCUT2D eigenvalue weighted by atomic mass is 19.3. The molecule has 130 valence electrons. The number of carbonyl (C=O) groups excluding carboxylic acids is 1. The van der Waals surface area contributed by atoms with Crippen LogP contribution in [0.1, 0.15) is 25.8 Å². The summed E-state index contributed by atoms with van der Waals surface area (Å²) in [7, 11) is 0. The van der Waals surface area contributed by atoms with Gasteiger partial charge in [-0.1, -0.05) is 18.2 Å². The third-order valence-corrected chi connectivity index (χ3v) is 4.96. The number of aromatic nitrogens is 1. The number of benzene rings is 1. The molecule has 1 aromatic carbocycles. The smallest absolute Gasteiger partial charge is 0.270 e. The number of fused-ring (bicyclic) bond motifs is 4. The van der Waals surface area contributed by atoms with E-state index in [-0.39, 0.29) is 17.5 Å². The highest BCUT2D eigenvalue weighted by molar-refractivity contribution is 5.96. The van der Waals surface area contributed by atoms with Gasteiger partial charge >= 0.3 is 0 Å². The lowest BCUT2D eigenvalue weighted by Gasteiger charge is -2.35. The maximum Gasteiger partial charge on any atom is 0.270 e. The number of amides is 1. The van der Waals surface area contributed by atoms with Crippen LogP contribution in [0.2, 0.25) is 0 Å². The monoisotopic (exact) mass is 343 g/mol. The highest BCUT2D eigenvalue weighted by Crippen LogP contribution is 2.40. The molecule has 6 heteroatoms. The fraction of sp³-hybridized carbons (Fsp3) is 0.368. The van der Waals surface area contributed by atoms with E-state index in [1.165, 1.54) is 12.1 Å². The molecule has 2 aliphatic rings. The molecule has 25 heavy (non-hydrogen) atoms. The van der Waals surface area contributed by atoms with Gasteiger partial charge in [0.15, 0.2) is 5.82 Å². The van der Waals surface area contributed by atoms with Crippen LogP contribution < -0.4 is 9.80 Å². The average Bonchev–Trinajstić information content (AvgIpc) is 2.98. The summed E-state index contributed by atoms with van der Waals surface area (Å²) in [5.74, 6) is -2.31. The standard InChI is InChI=1S/C19H19F2N3O/c1-12(25)24-15-8-9-23(11-15)17-7-6-16(22-18(17)24)13-4-3-5-14(10-13)19(2,20)21/h3-7,10,15H,8-9,11H2,1-2H3/t15-/m0/s1. The first-order chi connectivity index (χ1) is 11.8. The Bertz CT molecular complexity index is 847. The molecule has 1 aromatic heterocycles. The Balaban J connectivity index is 1.81. The third kappa shape index (κ3) is 2.65. The van der Waals surface area contributed by atoms with Crippen molar-refractivity contribution < 1.29 is 13.6 Å². The van der Waals surface area contributed by atoms with Crippen LogP contribution in [0.4, 0.5) is 20.3 Å². The molecular weight excluding hydrogens is 324 g/mol. The van der Waals surface area contributed by atoms with Crippen molar-refractivity contribution in [1.82, 2.24) is 4.98 Å². The lowest BCUT2D eigenvalue weighted by molar-refractivity contribution is -0.117. The first kappa shape index (κ1) is 16.0. The van der Waals surface area contributed by atoms with E-state index in [1.807, 2.05) is 12.1 Å². The van der Waals surface area contributed by atoms with Gasteiger partial charge in [0.2, 0.25) is 5.91 Å². The summed E-state index contributed by atoms with van der Waals surface area (Å²) in [6, 6.07) is 10.2. The van der Waals surface area contributed by atoms with Gasteiger partial charge in [-0.3, -0.25) is 9.69 Å². The van der Waals surface area contributed by atoms with Crippen LogP contribution >= 0.6 is 0 Å². The predicted octanol–water partition coefficient (Wildman–Crippen LogP) is 3.81. The molecule has 4 nitrogen and oxygen atoms in total. The first-order valence-corrected chi connectivity index (χ1v) is 8.39. The zero-order valence-corrected chi connectivity index (χ0v) is 14.2. The average molecular weight is 343 g/mol. The highest BCUT2D eigenvalue weighted by Gasteiger charge is 2.38. The number of pyridine rings is 1. The van der Waals surface area contributed by atoms with Gasteiger partial charge in [-0.15, -0.1) is 0 Å². The van der Waals surface area contributed by atoms with E-state index in [9.17, 15) is 13.6 Å². The van der Waals surface area contributed by atoms with Crippen LogP contribution in [-0.2, 0) is 10.7 Å². The molecule has 0 N–H and O–H groups in total. The van der Waals surface area contributed by atoms with E-state index < -0.39 is 5.92 Å². The quantitative estimate of drug-likeness (QED) is 0.832. The van der Waals surface area contributed by atoms with Crippen molar-refractivity contribution in [1.29, 1.82) is 0 Å². The normalized spacial score (nSPS) is 19.1. The van der Waals surface area contributed by atoms with Gasteiger partial charge in [0.25, 0.3) is 5.92 Å². The Morgan fingerprint density at radius 1 is 1.28 bits per heavy atom. The second-order valence-electron chi connectivity index (χ2n) is 6.79. The summed E-state index contributed by atoms with van der Waals surface area (Å²) >= 11 is 0. The minimum absolute atomic E-state index is 0.0358. The summed E-state index contributed by atoms with van der Waals surface area (Å²) in [6.07, 6.45) is 0.919. The Kier molecular flexibility index (Phi) is 3.52. The molecular formula is C19H19F2N3O. The second kappa shape index (κ2) is 5.51. The van der Waals surface area contributed by atoms with Crippen LogP contribution in [0.25, 0.3) is 11.3 Å². The largest absolute Gasteiger partial charge is 0.366 e. The molecule has 2 bridgehead atoms. The number of anilines is 2. The van der Waals surface area contributed by atoms with Crippen molar-refractivity contribution in [2.24, 2.45) is 0 Å². The first-order valence-electron chi connectivity index (χ1n) is 8.39. The van der Waals surface area contributed by atoms with Crippen molar-refractivity contribution in [3.63, 3.8) is 0 Å². The Labute approximate surface area is 145 Å². The van der Waals surface area contributed by atoms with Crippen LogP contribution in [0.5, 0.6) is 0 Å². The number of carbonyl (C=O) groups is 1. The van der Waals surface area contributed by atoms with E-state index in [0.717, 1.165) is 32.1 Å². The molecule has 0 aliphatic carbocycles. The van der Waals surface area contributed by atoms with Gasteiger partial charge in [-0.2, -0.15) is 0 Å². The van der Waals surface area contributed by atoms with Gasteiger partial charge < -0.3 is 4.90 Å². The minimum atomic E-state index is -2.90. The molecule has 1 atom stereocenters. The Morgan fingerprint density at radius 3 is 2.80 bits per heavy atom. The fourth-order valence-electron chi connectivity index (χ4n) is 3.73. The van der Waals surface area contributed by atoms with Crippen molar-refractivity contribution in [3.05, 3.63) is 42.0 Å². The van der Waals surface area contributed by atoms with Crippen LogP contribution in [0.3, 0.4) is 0 Å². The lowest BCUT2D eigenvalue weighted by Crippen LogP contribution is -2.45. The van der Waals surface area contributed by atoms with E-state index in [1.54, 1.807) is 24.0 Å². The van der Waals surface area contributed by atoms with Crippen molar-refractivity contribution in [2.45, 2.75) is 32.2 Å². The fourth-order valence-corrected chi connectivity index (χ4v) is 3.73. The zero-order valence-electron chi connectivity index (χ0n) is 14.2. The molecule has 0 radical (unpaired) electrons. The Hall–Kier alpha value is -2.50. The maximum absolute atomic E-state index is 13.6. The minimum Gasteiger partial charge on any atom is -0.366 e. The number of alkyl halides is 2. The van der Waals surface area contributed by atoms with Crippen molar-refractivity contribution >= 4 is 17.4 Å². The number of nitrogens with zero attached hydrogens (tertiary/aromatic N) is 3. The third-order valence-electron chi connectivity index (χ3n) is 4.96. The molecule has 4 rings (SSSR count). The molecule has 0 saturated carbocycles. The number of hydrogen-bond donors (Lipinski definition) is 0. The maximum atomic E-state index is 13.6. The number of halogens is 2. The molecule has 1 saturated heterocycles. The molecule has 2 aliphatic heterocycles. The molecule has 0 spiro atoms. The lowest BCUT2D eigenvalue weighted by atomic mass is 10.0. The molecule has 1 fully saturated rings. The second-order valence-corrected chi connectivity index (χ2v) is 6.79. The molecule has 1 amide bonds. The van der Waals surface area contributed by atoms with Gasteiger partial charge in [-0.05, 0) is 24.6 Å². The molecule has 0 unspecified atom stereocenters. The summed E-state index contributed by atoms with van der Waals surface area (Å²) in [5.41, 5.74) is 2.11. The summed E-state index contributed by atoms with van der Waals surface area (Å²) < 4.78 is 27.2. The number of rotatable bonds is 2. The topological polar surface area (TPSA) is 36.4 Å². The van der Waals surface area contributed by atoms with Gasteiger partial charge in [0.1, 0.15) is 0 Å². The number of hydrogen-bond acceptors (Lipinski definition) is 3. The van der Waals surface area contributed by atoms with Crippen LogP contribution in [0, 0.1) is 0 Å². The summed E-state index contributed by atoms with van der Waals surface area (Å²) in [4.78, 5) is 20.8. The van der Waals surface area contributed by atoms with Gasteiger partial charge in [-0.25, -0.2) is 13.8 Å².